The fourth-order valence-electron chi connectivity index (χ4n) is 4.42. The van der Waals surface area contributed by atoms with Crippen LogP contribution in [0.15, 0.2) is 42.7 Å². The first kappa shape index (κ1) is 20.1. The van der Waals surface area contributed by atoms with Crippen molar-refractivity contribution in [2.75, 3.05) is 18.0 Å². The predicted octanol–water partition coefficient (Wildman–Crippen LogP) is 2.02. The molecule has 2 atom stereocenters. The zero-order valence-corrected chi connectivity index (χ0v) is 17.4. The molecule has 8 heteroatoms. The summed E-state index contributed by atoms with van der Waals surface area (Å²) in [5, 5.41) is 7.13. The molecular weight excluding hydrogens is 382 g/mol. The summed E-state index contributed by atoms with van der Waals surface area (Å²) in [4.78, 5) is 41.6. The van der Waals surface area contributed by atoms with Crippen LogP contribution in [0.2, 0.25) is 0 Å². The Labute approximate surface area is 175 Å². The van der Waals surface area contributed by atoms with E-state index in [4.69, 9.17) is 0 Å². The molecule has 3 amide bonds. The van der Waals surface area contributed by atoms with Gasteiger partial charge in [-0.2, -0.15) is 5.10 Å². The van der Waals surface area contributed by atoms with Crippen molar-refractivity contribution in [2.45, 2.75) is 45.3 Å². The first-order valence-corrected chi connectivity index (χ1v) is 10.4. The van der Waals surface area contributed by atoms with Crippen LogP contribution in [0.4, 0.5) is 5.69 Å². The highest BCUT2D eigenvalue weighted by molar-refractivity contribution is 6.10. The number of hydrogen-bond acceptors (Lipinski definition) is 4. The van der Waals surface area contributed by atoms with Crippen LogP contribution >= 0.6 is 0 Å². The number of carbonyl (C=O) groups excluding carboxylic acids is 3. The van der Waals surface area contributed by atoms with E-state index in [1.165, 1.54) is 0 Å². The van der Waals surface area contributed by atoms with Crippen LogP contribution in [0.25, 0.3) is 0 Å². The molecule has 8 nitrogen and oxygen atoms in total. The molecule has 0 aliphatic carbocycles. The van der Waals surface area contributed by atoms with E-state index in [9.17, 15) is 14.4 Å². The number of fused-ring (bicyclic) bond motifs is 3. The molecular formula is C22H27N5O3. The lowest BCUT2D eigenvalue weighted by Gasteiger charge is -2.48. The molecule has 1 saturated heterocycles. The quantitative estimate of drug-likeness (QED) is 0.758. The van der Waals surface area contributed by atoms with E-state index >= 15 is 0 Å². The van der Waals surface area contributed by atoms with Crippen molar-refractivity contribution in [3.05, 3.63) is 48.3 Å². The largest absolute Gasteiger partial charge is 0.356 e. The van der Waals surface area contributed by atoms with Gasteiger partial charge in [0.05, 0.1) is 11.3 Å². The Morgan fingerprint density at radius 3 is 2.83 bits per heavy atom. The Kier molecular flexibility index (Phi) is 5.32. The van der Waals surface area contributed by atoms with Gasteiger partial charge in [-0.3, -0.25) is 24.0 Å². The number of rotatable bonds is 7. The van der Waals surface area contributed by atoms with Crippen LogP contribution in [0, 0.1) is 5.92 Å². The van der Waals surface area contributed by atoms with Gasteiger partial charge in [-0.15, -0.1) is 0 Å². The number of carbonyl (C=O) groups is 3. The summed E-state index contributed by atoms with van der Waals surface area (Å²) in [6.45, 7) is 5.50. The van der Waals surface area contributed by atoms with Crippen molar-refractivity contribution in [2.24, 2.45) is 5.92 Å². The minimum Gasteiger partial charge on any atom is -0.356 e. The molecule has 2 aromatic rings. The number of hydrogen-bond donors (Lipinski definition) is 1. The third-order valence-electron chi connectivity index (χ3n) is 6.01. The Bertz CT molecular complexity index is 957. The highest BCUT2D eigenvalue weighted by atomic mass is 16.2. The highest BCUT2D eigenvalue weighted by Gasteiger charge is 2.52. The van der Waals surface area contributed by atoms with E-state index in [0.717, 1.165) is 6.54 Å². The topological polar surface area (TPSA) is 87.5 Å². The van der Waals surface area contributed by atoms with E-state index in [-0.39, 0.29) is 36.6 Å². The van der Waals surface area contributed by atoms with Crippen molar-refractivity contribution in [1.29, 1.82) is 0 Å². The number of nitrogens with one attached hydrogen (secondary N) is 1. The molecule has 0 bridgehead atoms. The summed E-state index contributed by atoms with van der Waals surface area (Å²) < 4.78 is 1.84. The fourth-order valence-corrected chi connectivity index (χ4v) is 4.42. The van der Waals surface area contributed by atoms with Crippen LogP contribution in [0.1, 0.15) is 43.5 Å². The van der Waals surface area contributed by atoms with E-state index in [1.807, 2.05) is 36.0 Å². The van der Waals surface area contributed by atoms with Gasteiger partial charge in [0.15, 0.2) is 0 Å². The van der Waals surface area contributed by atoms with Crippen molar-refractivity contribution >= 4 is 23.4 Å². The van der Waals surface area contributed by atoms with Crippen molar-refractivity contribution in [1.82, 2.24) is 20.0 Å². The Morgan fingerprint density at radius 1 is 1.27 bits per heavy atom. The monoisotopic (exact) mass is 409 g/mol. The van der Waals surface area contributed by atoms with E-state index in [1.54, 1.807) is 28.1 Å². The number of anilines is 1. The van der Waals surface area contributed by atoms with E-state index < -0.39 is 5.66 Å². The normalized spacial score (nSPS) is 21.4. The van der Waals surface area contributed by atoms with E-state index in [2.05, 4.69) is 17.3 Å². The number of benzene rings is 1. The lowest BCUT2D eigenvalue weighted by atomic mass is 9.98. The molecule has 0 saturated carbocycles. The van der Waals surface area contributed by atoms with Gasteiger partial charge in [0.2, 0.25) is 11.8 Å². The minimum absolute atomic E-state index is 0.0133. The molecule has 1 aromatic heterocycles. The number of nitrogens with zero attached hydrogens (tertiary/aromatic N) is 4. The molecule has 1 fully saturated rings. The van der Waals surface area contributed by atoms with Crippen LogP contribution < -0.4 is 10.2 Å². The second-order valence-corrected chi connectivity index (χ2v) is 8.31. The van der Waals surface area contributed by atoms with Gasteiger partial charge in [-0.25, -0.2) is 0 Å². The first-order chi connectivity index (χ1) is 14.4. The smallest absolute Gasteiger partial charge is 0.257 e. The minimum atomic E-state index is -0.726. The zero-order valence-electron chi connectivity index (χ0n) is 17.4. The summed E-state index contributed by atoms with van der Waals surface area (Å²) in [6.07, 6.45) is 4.78. The van der Waals surface area contributed by atoms with Gasteiger partial charge in [0.25, 0.3) is 5.91 Å². The molecule has 2 unspecified atom stereocenters. The lowest BCUT2D eigenvalue weighted by Crippen LogP contribution is -2.62. The lowest BCUT2D eigenvalue weighted by molar-refractivity contribution is -0.121. The SMILES string of the molecule is CC(CNC(=O)CCN1C(=O)c2ccccc2N2C(=O)CCC12C)Cn1cccn1. The third kappa shape index (κ3) is 3.58. The maximum absolute atomic E-state index is 13.2. The van der Waals surface area contributed by atoms with E-state index in [0.29, 0.717) is 30.6 Å². The van der Waals surface area contributed by atoms with Gasteiger partial charge in [-0.1, -0.05) is 19.1 Å². The average Bonchev–Trinajstić information content (AvgIpc) is 3.34. The maximum atomic E-state index is 13.2. The zero-order chi connectivity index (χ0) is 21.3. The molecule has 30 heavy (non-hydrogen) atoms. The molecule has 0 spiro atoms. The predicted molar refractivity (Wildman–Crippen MR) is 112 cm³/mol. The summed E-state index contributed by atoms with van der Waals surface area (Å²) in [5.74, 6) is 0.0181. The summed E-state index contributed by atoms with van der Waals surface area (Å²) >= 11 is 0. The van der Waals surface area contributed by atoms with Crippen molar-refractivity contribution < 1.29 is 14.4 Å². The van der Waals surface area contributed by atoms with Gasteiger partial charge in [0, 0.05) is 44.9 Å². The summed E-state index contributed by atoms with van der Waals surface area (Å²) in [5.41, 5.74) is 0.454. The van der Waals surface area contributed by atoms with Gasteiger partial charge >= 0.3 is 0 Å². The van der Waals surface area contributed by atoms with Gasteiger partial charge in [-0.05, 0) is 37.5 Å². The first-order valence-electron chi connectivity index (χ1n) is 10.4. The average molecular weight is 409 g/mol. The van der Waals surface area contributed by atoms with Crippen molar-refractivity contribution in [3.8, 4) is 0 Å². The highest BCUT2D eigenvalue weighted by Crippen LogP contribution is 2.43. The molecule has 4 rings (SSSR count). The Morgan fingerprint density at radius 2 is 2.07 bits per heavy atom. The number of para-hydroxylation sites is 1. The third-order valence-corrected chi connectivity index (χ3v) is 6.01. The number of amides is 3. The molecule has 1 aromatic carbocycles. The fraction of sp³-hybridized carbons (Fsp3) is 0.455. The second kappa shape index (κ2) is 7.93. The molecule has 2 aliphatic rings. The summed E-state index contributed by atoms with van der Waals surface area (Å²) in [6, 6.07) is 9.07. The summed E-state index contributed by atoms with van der Waals surface area (Å²) in [7, 11) is 0. The maximum Gasteiger partial charge on any atom is 0.257 e. The van der Waals surface area contributed by atoms with Crippen LogP contribution in [0.5, 0.6) is 0 Å². The molecule has 2 aliphatic heterocycles. The standard InChI is InChI=1S/C22H27N5O3/c1-16(15-25-12-5-11-24-25)14-23-19(28)9-13-26-21(30)17-6-3-4-7-18(17)27-20(29)8-10-22(26,27)2/h3-7,11-12,16H,8-10,13-15H2,1-2H3,(H,23,28). The molecule has 3 heterocycles. The Balaban J connectivity index is 1.39. The Hall–Kier alpha value is -3.16. The van der Waals surface area contributed by atoms with Gasteiger partial charge in [0.1, 0.15) is 5.66 Å². The molecule has 0 radical (unpaired) electrons. The van der Waals surface area contributed by atoms with Crippen LogP contribution in [0.3, 0.4) is 0 Å². The van der Waals surface area contributed by atoms with Crippen molar-refractivity contribution in [3.63, 3.8) is 0 Å². The van der Waals surface area contributed by atoms with Gasteiger partial charge < -0.3 is 10.2 Å². The second-order valence-electron chi connectivity index (χ2n) is 8.31. The van der Waals surface area contributed by atoms with Crippen LogP contribution in [-0.4, -0.2) is 51.2 Å². The molecule has 158 valence electrons. The molecule has 1 N–H and O–H groups in total. The number of aromatic nitrogens is 2. The van der Waals surface area contributed by atoms with Crippen LogP contribution in [-0.2, 0) is 16.1 Å².